The maximum absolute atomic E-state index is 12.2. The Morgan fingerprint density at radius 1 is 1.24 bits per heavy atom. The van der Waals surface area contributed by atoms with Gasteiger partial charge in [0.1, 0.15) is 19.0 Å². The summed E-state index contributed by atoms with van der Waals surface area (Å²) in [7, 11) is 1.67. The first-order chi connectivity index (χ1) is 12.2. The van der Waals surface area contributed by atoms with Gasteiger partial charge in [0.25, 0.3) is 0 Å². The van der Waals surface area contributed by atoms with Gasteiger partial charge in [-0.2, -0.15) is 0 Å². The summed E-state index contributed by atoms with van der Waals surface area (Å²) < 4.78 is 12.9. The minimum atomic E-state index is 0.0617. The number of aryl methyl sites for hydroxylation is 1. The topological polar surface area (TPSA) is 56.6 Å². The number of ether oxygens (including phenoxy) is 2. The molecule has 0 saturated carbocycles. The Hall–Kier alpha value is -2.18. The van der Waals surface area contributed by atoms with Crippen molar-refractivity contribution < 1.29 is 14.3 Å². The maximum atomic E-state index is 12.2. The van der Waals surface area contributed by atoms with E-state index in [-0.39, 0.29) is 12.5 Å². The summed E-state index contributed by atoms with van der Waals surface area (Å²) in [6.45, 7) is 5.59. The highest BCUT2D eigenvalue weighted by molar-refractivity contribution is 5.78. The van der Waals surface area contributed by atoms with Gasteiger partial charge in [-0.25, -0.2) is 4.98 Å². The molecule has 0 aliphatic carbocycles. The van der Waals surface area contributed by atoms with Crippen LogP contribution in [0.25, 0.3) is 0 Å². The summed E-state index contributed by atoms with van der Waals surface area (Å²) >= 11 is 0. The number of likely N-dealkylation sites (tertiary alicyclic amines) is 1. The SMILES string of the molecule is COCc1ncc(C)n1CC1CN(C(=O)COCc2ccccc2)C1. The van der Waals surface area contributed by atoms with Crippen LogP contribution in [0.15, 0.2) is 36.5 Å². The molecule has 0 atom stereocenters. The first-order valence-corrected chi connectivity index (χ1v) is 8.56. The van der Waals surface area contributed by atoms with Crippen LogP contribution in [0, 0.1) is 12.8 Å². The largest absolute Gasteiger partial charge is 0.377 e. The van der Waals surface area contributed by atoms with Gasteiger partial charge in [0, 0.05) is 44.6 Å². The van der Waals surface area contributed by atoms with Gasteiger partial charge >= 0.3 is 0 Å². The number of hydrogen-bond donors (Lipinski definition) is 0. The molecule has 6 nitrogen and oxygen atoms in total. The quantitative estimate of drug-likeness (QED) is 0.736. The Morgan fingerprint density at radius 3 is 2.72 bits per heavy atom. The molecule has 1 amide bonds. The lowest BCUT2D eigenvalue weighted by atomic mass is 10.00. The van der Waals surface area contributed by atoms with Crippen LogP contribution in [0.1, 0.15) is 17.1 Å². The Labute approximate surface area is 148 Å². The van der Waals surface area contributed by atoms with Crippen molar-refractivity contribution in [1.29, 1.82) is 0 Å². The van der Waals surface area contributed by atoms with E-state index in [1.54, 1.807) is 7.11 Å². The fraction of sp³-hybridized carbons (Fsp3) is 0.474. The van der Waals surface area contributed by atoms with E-state index in [0.29, 0.717) is 19.1 Å². The molecule has 2 aromatic rings. The van der Waals surface area contributed by atoms with Crippen molar-refractivity contribution in [2.45, 2.75) is 26.7 Å². The van der Waals surface area contributed by atoms with Crippen molar-refractivity contribution >= 4 is 5.91 Å². The van der Waals surface area contributed by atoms with E-state index < -0.39 is 0 Å². The fourth-order valence-corrected chi connectivity index (χ4v) is 3.07. The third kappa shape index (κ3) is 4.46. The lowest BCUT2D eigenvalue weighted by Crippen LogP contribution is -2.52. The normalized spacial score (nSPS) is 14.6. The van der Waals surface area contributed by atoms with Gasteiger partial charge in [-0.1, -0.05) is 30.3 Å². The summed E-state index contributed by atoms with van der Waals surface area (Å²) in [4.78, 5) is 18.4. The molecule has 1 aliphatic heterocycles. The molecule has 0 spiro atoms. The lowest BCUT2D eigenvalue weighted by Gasteiger charge is -2.39. The fourth-order valence-electron chi connectivity index (χ4n) is 3.07. The van der Waals surface area contributed by atoms with Crippen LogP contribution in [0.2, 0.25) is 0 Å². The second-order valence-electron chi connectivity index (χ2n) is 6.50. The van der Waals surface area contributed by atoms with Gasteiger partial charge < -0.3 is 18.9 Å². The van der Waals surface area contributed by atoms with E-state index in [1.165, 1.54) is 0 Å². The zero-order chi connectivity index (χ0) is 17.6. The predicted octanol–water partition coefficient (Wildman–Crippen LogP) is 2.01. The van der Waals surface area contributed by atoms with Crippen molar-refractivity contribution in [1.82, 2.24) is 14.5 Å². The minimum Gasteiger partial charge on any atom is -0.377 e. The molecule has 1 aromatic heterocycles. The van der Waals surface area contributed by atoms with Crippen LogP contribution < -0.4 is 0 Å². The predicted molar refractivity (Wildman–Crippen MR) is 93.8 cm³/mol. The molecule has 3 rings (SSSR count). The molecular formula is C19H25N3O3. The van der Waals surface area contributed by atoms with Crippen LogP contribution >= 0.6 is 0 Å². The highest BCUT2D eigenvalue weighted by Gasteiger charge is 2.31. The molecule has 2 heterocycles. The molecule has 0 bridgehead atoms. The average molecular weight is 343 g/mol. The summed E-state index contributed by atoms with van der Waals surface area (Å²) in [5.41, 5.74) is 2.21. The molecule has 25 heavy (non-hydrogen) atoms. The Kier molecular flexibility index (Phi) is 5.83. The van der Waals surface area contributed by atoms with Crippen molar-refractivity contribution in [3.05, 3.63) is 53.6 Å². The second-order valence-corrected chi connectivity index (χ2v) is 6.50. The van der Waals surface area contributed by atoms with Gasteiger partial charge in [-0.15, -0.1) is 0 Å². The highest BCUT2D eigenvalue weighted by Crippen LogP contribution is 2.20. The van der Waals surface area contributed by atoms with Crippen LogP contribution in [-0.2, 0) is 34.0 Å². The number of carbonyl (C=O) groups is 1. The van der Waals surface area contributed by atoms with Gasteiger partial charge in [0.05, 0.1) is 6.61 Å². The molecule has 134 valence electrons. The molecule has 1 aliphatic rings. The Morgan fingerprint density at radius 2 is 2.00 bits per heavy atom. The standard InChI is InChI=1S/C19H25N3O3/c1-15-8-20-18(13-24-2)22(15)11-17-9-21(10-17)19(23)14-25-12-16-6-4-3-5-7-16/h3-8,17H,9-14H2,1-2H3. The molecule has 1 aromatic carbocycles. The molecule has 6 heteroatoms. The molecule has 0 N–H and O–H groups in total. The van der Waals surface area contributed by atoms with Gasteiger partial charge in [0.15, 0.2) is 0 Å². The molecule has 1 saturated heterocycles. The number of amides is 1. The van der Waals surface area contributed by atoms with E-state index >= 15 is 0 Å². The van der Waals surface area contributed by atoms with E-state index in [0.717, 1.165) is 36.7 Å². The molecule has 1 fully saturated rings. The van der Waals surface area contributed by atoms with Gasteiger partial charge in [-0.3, -0.25) is 4.79 Å². The Balaban J connectivity index is 1.40. The van der Waals surface area contributed by atoms with E-state index in [9.17, 15) is 4.79 Å². The second kappa shape index (κ2) is 8.27. The number of imidazole rings is 1. The molecule has 0 radical (unpaired) electrons. The highest BCUT2D eigenvalue weighted by atomic mass is 16.5. The number of carbonyl (C=O) groups excluding carboxylic acids is 1. The minimum absolute atomic E-state index is 0.0617. The maximum Gasteiger partial charge on any atom is 0.248 e. The van der Waals surface area contributed by atoms with E-state index in [2.05, 4.69) is 9.55 Å². The molecule has 0 unspecified atom stereocenters. The monoisotopic (exact) mass is 343 g/mol. The van der Waals surface area contributed by atoms with Crippen LogP contribution in [0.3, 0.4) is 0 Å². The third-order valence-corrected chi connectivity index (χ3v) is 4.50. The van der Waals surface area contributed by atoms with Crippen molar-refractivity contribution in [2.24, 2.45) is 5.92 Å². The first kappa shape index (κ1) is 17.6. The molecular weight excluding hydrogens is 318 g/mol. The number of aromatic nitrogens is 2. The lowest BCUT2D eigenvalue weighted by molar-refractivity contribution is -0.143. The Bertz CT molecular complexity index is 693. The average Bonchev–Trinajstić information content (AvgIpc) is 2.92. The summed E-state index contributed by atoms with van der Waals surface area (Å²) in [5.74, 6) is 1.46. The van der Waals surface area contributed by atoms with E-state index in [1.807, 2.05) is 48.4 Å². The number of benzene rings is 1. The zero-order valence-electron chi connectivity index (χ0n) is 14.9. The van der Waals surface area contributed by atoms with Crippen molar-refractivity contribution in [3.63, 3.8) is 0 Å². The number of methoxy groups -OCH3 is 1. The number of nitrogens with zero attached hydrogens (tertiary/aromatic N) is 3. The first-order valence-electron chi connectivity index (χ1n) is 8.56. The van der Waals surface area contributed by atoms with E-state index in [4.69, 9.17) is 9.47 Å². The van der Waals surface area contributed by atoms with Crippen molar-refractivity contribution in [2.75, 3.05) is 26.8 Å². The smallest absolute Gasteiger partial charge is 0.248 e. The third-order valence-electron chi connectivity index (χ3n) is 4.50. The number of hydrogen-bond acceptors (Lipinski definition) is 4. The summed E-state index contributed by atoms with van der Waals surface area (Å²) in [5, 5.41) is 0. The van der Waals surface area contributed by atoms with Gasteiger partial charge in [0.2, 0.25) is 5.91 Å². The number of rotatable bonds is 8. The zero-order valence-corrected chi connectivity index (χ0v) is 14.9. The van der Waals surface area contributed by atoms with Crippen LogP contribution in [0.4, 0.5) is 0 Å². The summed E-state index contributed by atoms with van der Waals surface area (Å²) in [6, 6.07) is 9.90. The summed E-state index contributed by atoms with van der Waals surface area (Å²) in [6.07, 6.45) is 1.87. The van der Waals surface area contributed by atoms with Crippen LogP contribution in [-0.4, -0.2) is 47.2 Å². The van der Waals surface area contributed by atoms with Gasteiger partial charge in [-0.05, 0) is 12.5 Å². The van der Waals surface area contributed by atoms with Crippen molar-refractivity contribution in [3.8, 4) is 0 Å². The van der Waals surface area contributed by atoms with Crippen LogP contribution in [0.5, 0.6) is 0 Å².